The van der Waals surface area contributed by atoms with Gasteiger partial charge in [-0.05, 0) is 63.1 Å². The van der Waals surface area contributed by atoms with E-state index in [2.05, 4.69) is 63.8 Å². The van der Waals surface area contributed by atoms with Crippen molar-refractivity contribution in [2.24, 2.45) is 4.99 Å². The van der Waals surface area contributed by atoms with Crippen LogP contribution in [0.2, 0.25) is 0 Å². The Bertz CT molecular complexity index is 929. The standard InChI is InChI=1S/C26H35N5O/c1-2-27-25(29-19-20-11-12-24(28-18-20)31-15-7-8-16-31)30-22-17-26(13-5-6-14-26)32-23-10-4-3-9-21(22)23/h3-4,9-12,18,22H,2,5-8,13-17,19H2,1H3,(H2,27,29,30). The molecule has 1 aromatic heterocycles. The quantitative estimate of drug-likeness (QED) is 0.534. The lowest BCUT2D eigenvalue weighted by molar-refractivity contribution is 0.0396. The van der Waals surface area contributed by atoms with Gasteiger partial charge in [-0.2, -0.15) is 0 Å². The number of pyridine rings is 1. The molecule has 1 saturated carbocycles. The van der Waals surface area contributed by atoms with Crippen molar-refractivity contribution in [3.05, 3.63) is 53.7 Å². The molecule has 32 heavy (non-hydrogen) atoms. The largest absolute Gasteiger partial charge is 0.487 e. The van der Waals surface area contributed by atoms with Gasteiger partial charge < -0.3 is 20.3 Å². The number of fused-ring (bicyclic) bond motifs is 1. The molecule has 2 aromatic rings. The lowest BCUT2D eigenvalue weighted by Crippen LogP contribution is -2.46. The van der Waals surface area contributed by atoms with Gasteiger partial charge in [-0.3, -0.25) is 0 Å². The number of benzene rings is 1. The molecule has 1 saturated heterocycles. The zero-order valence-electron chi connectivity index (χ0n) is 19.1. The van der Waals surface area contributed by atoms with Crippen molar-refractivity contribution in [3.8, 4) is 5.75 Å². The highest BCUT2D eigenvalue weighted by atomic mass is 16.5. The van der Waals surface area contributed by atoms with Crippen LogP contribution in [0.15, 0.2) is 47.6 Å². The normalized spacial score (nSPS) is 22.0. The first kappa shape index (κ1) is 21.1. The Morgan fingerprint density at radius 2 is 1.94 bits per heavy atom. The predicted octanol–water partition coefficient (Wildman–Crippen LogP) is 4.57. The van der Waals surface area contributed by atoms with Gasteiger partial charge in [0.15, 0.2) is 5.96 Å². The summed E-state index contributed by atoms with van der Waals surface area (Å²) in [5, 5.41) is 7.16. The number of hydrogen-bond donors (Lipinski definition) is 2. The van der Waals surface area contributed by atoms with Crippen LogP contribution in [0.25, 0.3) is 0 Å². The molecule has 0 radical (unpaired) electrons. The Balaban J connectivity index is 1.31. The van der Waals surface area contributed by atoms with Crippen LogP contribution < -0.4 is 20.3 Å². The fourth-order valence-electron chi connectivity index (χ4n) is 5.37. The summed E-state index contributed by atoms with van der Waals surface area (Å²) in [6.45, 7) is 5.78. The smallest absolute Gasteiger partial charge is 0.192 e. The van der Waals surface area contributed by atoms with Crippen LogP contribution in [0, 0.1) is 0 Å². The van der Waals surface area contributed by atoms with E-state index in [0.717, 1.165) is 62.0 Å². The lowest BCUT2D eigenvalue weighted by atomic mass is 9.86. The van der Waals surface area contributed by atoms with Crippen LogP contribution in [0.5, 0.6) is 5.75 Å². The van der Waals surface area contributed by atoms with Crippen molar-refractivity contribution in [2.45, 2.75) is 70.1 Å². The molecule has 0 bridgehead atoms. The van der Waals surface area contributed by atoms with Crippen LogP contribution in [-0.2, 0) is 6.54 Å². The molecule has 2 fully saturated rings. The van der Waals surface area contributed by atoms with Gasteiger partial charge in [-0.1, -0.05) is 24.3 Å². The Morgan fingerprint density at radius 3 is 2.69 bits per heavy atom. The van der Waals surface area contributed by atoms with Crippen LogP contribution in [-0.4, -0.2) is 36.2 Å². The molecule has 2 aliphatic heterocycles. The van der Waals surface area contributed by atoms with E-state index in [1.165, 1.54) is 31.2 Å². The third-order valence-electron chi connectivity index (χ3n) is 7.03. The molecular weight excluding hydrogens is 398 g/mol. The molecule has 3 heterocycles. The first-order valence-corrected chi connectivity index (χ1v) is 12.3. The molecule has 1 aliphatic carbocycles. The van der Waals surface area contributed by atoms with Gasteiger partial charge in [-0.15, -0.1) is 0 Å². The summed E-state index contributed by atoms with van der Waals surface area (Å²) in [4.78, 5) is 11.9. The van der Waals surface area contributed by atoms with E-state index >= 15 is 0 Å². The predicted molar refractivity (Wildman–Crippen MR) is 129 cm³/mol. The van der Waals surface area contributed by atoms with Gasteiger partial charge in [0, 0.05) is 37.8 Å². The second-order valence-corrected chi connectivity index (χ2v) is 9.35. The minimum atomic E-state index is -0.0291. The third kappa shape index (κ3) is 4.54. The average Bonchev–Trinajstić information content (AvgIpc) is 3.51. The summed E-state index contributed by atoms with van der Waals surface area (Å²) in [6, 6.07) is 13.0. The molecule has 5 rings (SSSR count). The van der Waals surface area contributed by atoms with Gasteiger partial charge in [0.1, 0.15) is 17.2 Å². The lowest BCUT2D eigenvalue weighted by Gasteiger charge is -2.40. The minimum Gasteiger partial charge on any atom is -0.487 e. The number of aliphatic imine (C=N–C) groups is 1. The number of rotatable bonds is 5. The first-order chi connectivity index (χ1) is 15.7. The summed E-state index contributed by atoms with van der Waals surface area (Å²) in [7, 11) is 0. The monoisotopic (exact) mass is 433 g/mol. The molecule has 6 heteroatoms. The molecule has 1 unspecified atom stereocenters. The second-order valence-electron chi connectivity index (χ2n) is 9.35. The average molecular weight is 434 g/mol. The number of ether oxygens (including phenoxy) is 1. The zero-order chi connectivity index (χ0) is 21.8. The maximum absolute atomic E-state index is 6.52. The summed E-state index contributed by atoms with van der Waals surface area (Å²) in [6.07, 6.45) is 10.3. The summed E-state index contributed by atoms with van der Waals surface area (Å²) in [5.74, 6) is 2.96. The van der Waals surface area contributed by atoms with E-state index in [4.69, 9.17) is 9.73 Å². The highest BCUT2D eigenvalue weighted by Crippen LogP contribution is 2.46. The molecule has 170 valence electrons. The SMILES string of the molecule is CCNC(=NCc1ccc(N2CCCC2)nc1)NC1CC2(CCCC2)Oc2ccccc21. The Hall–Kier alpha value is -2.76. The van der Waals surface area contributed by atoms with E-state index in [1.54, 1.807) is 0 Å². The number of anilines is 1. The molecular formula is C26H35N5O. The van der Waals surface area contributed by atoms with E-state index in [-0.39, 0.29) is 11.6 Å². The second kappa shape index (κ2) is 9.39. The summed E-state index contributed by atoms with van der Waals surface area (Å²) < 4.78 is 6.52. The molecule has 2 N–H and O–H groups in total. The van der Waals surface area contributed by atoms with Crippen molar-refractivity contribution in [3.63, 3.8) is 0 Å². The molecule has 1 atom stereocenters. The molecule has 1 spiro atoms. The highest BCUT2D eigenvalue weighted by molar-refractivity contribution is 5.80. The van der Waals surface area contributed by atoms with E-state index in [1.807, 2.05) is 6.20 Å². The van der Waals surface area contributed by atoms with Gasteiger partial charge in [-0.25, -0.2) is 9.98 Å². The minimum absolute atomic E-state index is 0.0291. The summed E-state index contributed by atoms with van der Waals surface area (Å²) in [5.41, 5.74) is 2.33. The molecule has 6 nitrogen and oxygen atoms in total. The highest BCUT2D eigenvalue weighted by Gasteiger charge is 2.43. The fraction of sp³-hybridized carbons (Fsp3) is 0.538. The third-order valence-corrected chi connectivity index (χ3v) is 7.03. The van der Waals surface area contributed by atoms with E-state index in [9.17, 15) is 0 Å². The fourth-order valence-corrected chi connectivity index (χ4v) is 5.37. The molecule has 3 aliphatic rings. The Morgan fingerprint density at radius 1 is 1.12 bits per heavy atom. The zero-order valence-corrected chi connectivity index (χ0v) is 19.1. The van der Waals surface area contributed by atoms with Gasteiger partial charge in [0.25, 0.3) is 0 Å². The molecule has 0 amide bonds. The van der Waals surface area contributed by atoms with Crippen LogP contribution in [0.1, 0.15) is 69.0 Å². The van der Waals surface area contributed by atoms with Crippen molar-refractivity contribution in [1.82, 2.24) is 15.6 Å². The number of nitrogens with zero attached hydrogens (tertiary/aromatic N) is 3. The van der Waals surface area contributed by atoms with E-state index < -0.39 is 0 Å². The molecule has 1 aromatic carbocycles. The first-order valence-electron chi connectivity index (χ1n) is 12.3. The van der Waals surface area contributed by atoms with Crippen molar-refractivity contribution < 1.29 is 4.74 Å². The Kier molecular flexibility index (Phi) is 6.19. The number of aromatic nitrogens is 1. The van der Waals surface area contributed by atoms with Gasteiger partial charge in [0.2, 0.25) is 0 Å². The number of para-hydroxylation sites is 1. The maximum atomic E-state index is 6.52. The maximum Gasteiger partial charge on any atom is 0.192 e. The Labute approximate surface area is 191 Å². The van der Waals surface area contributed by atoms with Crippen LogP contribution >= 0.6 is 0 Å². The van der Waals surface area contributed by atoms with Crippen LogP contribution in [0.3, 0.4) is 0 Å². The topological polar surface area (TPSA) is 61.8 Å². The number of nitrogens with one attached hydrogen (secondary N) is 2. The van der Waals surface area contributed by atoms with Crippen LogP contribution in [0.4, 0.5) is 5.82 Å². The number of hydrogen-bond acceptors (Lipinski definition) is 4. The van der Waals surface area contributed by atoms with Crippen molar-refractivity contribution in [1.29, 1.82) is 0 Å². The van der Waals surface area contributed by atoms with Gasteiger partial charge >= 0.3 is 0 Å². The summed E-state index contributed by atoms with van der Waals surface area (Å²) >= 11 is 0. The van der Waals surface area contributed by atoms with E-state index in [0.29, 0.717) is 6.54 Å². The number of guanidine groups is 1. The van der Waals surface area contributed by atoms with Crippen molar-refractivity contribution in [2.75, 3.05) is 24.5 Å². The van der Waals surface area contributed by atoms with Crippen molar-refractivity contribution >= 4 is 11.8 Å². The van der Waals surface area contributed by atoms with Gasteiger partial charge in [0.05, 0.1) is 12.6 Å².